The van der Waals surface area contributed by atoms with E-state index in [0.717, 1.165) is 32.7 Å². The lowest BCUT2D eigenvalue weighted by Crippen LogP contribution is -2.45. The van der Waals surface area contributed by atoms with Crippen LogP contribution in [0.15, 0.2) is 0 Å². The zero-order valence-electron chi connectivity index (χ0n) is 8.47. The molecule has 1 aliphatic heterocycles. The average Bonchev–Trinajstić information content (AvgIpc) is 2.28. The summed E-state index contributed by atoms with van der Waals surface area (Å²) in [6, 6.07) is 0.264. The van der Waals surface area contributed by atoms with Crippen molar-refractivity contribution in [2.24, 2.45) is 0 Å². The van der Waals surface area contributed by atoms with Gasteiger partial charge in [0.25, 0.3) is 0 Å². The second-order valence-electron chi connectivity index (χ2n) is 3.49. The van der Waals surface area contributed by atoms with Gasteiger partial charge in [-0.1, -0.05) is 6.92 Å². The van der Waals surface area contributed by atoms with Crippen molar-refractivity contribution in [2.75, 3.05) is 32.7 Å². The molecule has 0 aromatic rings. The highest BCUT2D eigenvalue weighted by atomic mass is 16.1. The Hall–Kier alpha value is -0.610. The Morgan fingerprint density at radius 1 is 1.69 bits per heavy atom. The Bertz CT molecular complexity index is 172. The second-order valence-corrected chi connectivity index (χ2v) is 3.49. The summed E-state index contributed by atoms with van der Waals surface area (Å²) in [5.74, 6) is 0.0600. The molecule has 1 atom stereocenters. The lowest BCUT2D eigenvalue weighted by molar-refractivity contribution is -0.119. The summed E-state index contributed by atoms with van der Waals surface area (Å²) in [5, 5.41) is 6.25. The predicted molar refractivity (Wildman–Crippen MR) is 52.6 cm³/mol. The van der Waals surface area contributed by atoms with Crippen LogP contribution >= 0.6 is 0 Å². The molecule has 4 nitrogen and oxygen atoms in total. The summed E-state index contributed by atoms with van der Waals surface area (Å²) in [4.78, 5) is 13.2. The smallest absolute Gasteiger partial charge is 0.217 e. The molecule has 1 heterocycles. The van der Waals surface area contributed by atoms with E-state index in [-0.39, 0.29) is 11.9 Å². The van der Waals surface area contributed by atoms with Gasteiger partial charge in [-0.05, 0) is 6.54 Å². The van der Waals surface area contributed by atoms with Crippen molar-refractivity contribution in [2.45, 2.75) is 19.9 Å². The highest BCUT2D eigenvalue weighted by molar-refractivity contribution is 5.73. The van der Waals surface area contributed by atoms with Gasteiger partial charge in [0, 0.05) is 33.1 Å². The average molecular weight is 185 g/mol. The van der Waals surface area contributed by atoms with Crippen LogP contribution in [-0.2, 0) is 4.79 Å². The number of carbonyl (C=O) groups is 1. The van der Waals surface area contributed by atoms with Crippen molar-refractivity contribution >= 4 is 5.91 Å². The monoisotopic (exact) mass is 185 g/mol. The summed E-state index contributed by atoms with van der Waals surface area (Å²) >= 11 is 0. The zero-order chi connectivity index (χ0) is 9.68. The molecule has 0 bridgehead atoms. The molecule has 1 saturated heterocycles. The Balaban J connectivity index is 2.39. The fraction of sp³-hybridized carbons (Fsp3) is 0.889. The van der Waals surface area contributed by atoms with Gasteiger partial charge in [0.05, 0.1) is 6.04 Å². The van der Waals surface area contributed by atoms with Crippen LogP contribution in [0.1, 0.15) is 13.8 Å². The second kappa shape index (κ2) is 5.19. The third kappa shape index (κ3) is 3.74. The van der Waals surface area contributed by atoms with E-state index in [1.54, 1.807) is 6.92 Å². The van der Waals surface area contributed by atoms with Crippen LogP contribution in [0.4, 0.5) is 0 Å². The van der Waals surface area contributed by atoms with E-state index in [9.17, 15) is 4.79 Å². The molecule has 1 unspecified atom stereocenters. The SMILES string of the molecule is CCN1CCNCC(NC(C)=O)C1. The van der Waals surface area contributed by atoms with E-state index >= 15 is 0 Å². The normalized spacial score (nSPS) is 25.2. The standard InChI is InChI=1S/C9H19N3O/c1-3-12-5-4-10-6-9(7-12)11-8(2)13/h9-10H,3-7H2,1-2H3,(H,11,13). The number of hydrogen-bond donors (Lipinski definition) is 2. The first-order valence-corrected chi connectivity index (χ1v) is 4.92. The van der Waals surface area contributed by atoms with Crippen molar-refractivity contribution in [3.8, 4) is 0 Å². The maximum absolute atomic E-state index is 10.9. The number of nitrogens with zero attached hydrogens (tertiary/aromatic N) is 1. The molecule has 1 aliphatic rings. The Labute approximate surface area is 79.7 Å². The molecule has 0 radical (unpaired) electrons. The van der Waals surface area contributed by atoms with E-state index in [1.807, 2.05) is 0 Å². The van der Waals surface area contributed by atoms with Crippen molar-refractivity contribution in [3.05, 3.63) is 0 Å². The first-order chi connectivity index (χ1) is 6.22. The zero-order valence-corrected chi connectivity index (χ0v) is 8.47. The number of rotatable bonds is 2. The van der Waals surface area contributed by atoms with E-state index in [4.69, 9.17) is 0 Å². The van der Waals surface area contributed by atoms with Crippen LogP contribution in [0.25, 0.3) is 0 Å². The predicted octanol–water partition coefficient (Wildman–Crippen LogP) is -0.584. The first-order valence-electron chi connectivity index (χ1n) is 4.92. The van der Waals surface area contributed by atoms with E-state index in [2.05, 4.69) is 22.5 Å². The van der Waals surface area contributed by atoms with Crippen LogP contribution in [0.2, 0.25) is 0 Å². The molecule has 0 aliphatic carbocycles. The van der Waals surface area contributed by atoms with Gasteiger partial charge in [0.2, 0.25) is 5.91 Å². The molecular weight excluding hydrogens is 166 g/mol. The minimum absolute atomic E-state index is 0.0600. The minimum atomic E-state index is 0.0600. The molecule has 76 valence electrons. The number of likely N-dealkylation sites (N-methyl/N-ethyl adjacent to an activating group) is 1. The molecule has 4 heteroatoms. The molecule has 0 aromatic carbocycles. The number of nitrogens with one attached hydrogen (secondary N) is 2. The summed E-state index contributed by atoms with van der Waals surface area (Å²) in [5.41, 5.74) is 0. The first kappa shape index (κ1) is 10.5. The van der Waals surface area contributed by atoms with Gasteiger partial charge in [-0.3, -0.25) is 4.79 Å². The van der Waals surface area contributed by atoms with Gasteiger partial charge in [-0.15, -0.1) is 0 Å². The van der Waals surface area contributed by atoms with Crippen LogP contribution in [0, 0.1) is 0 Å². The van der Waals surface area contributed by atoms with Gasteiger partial charge in [-0.25, -0.2) is 0 Å². The van der Waals surface area contributed by atoms with Gasteiger partial charge < -0.3 is 15.5 Å². The number of carbonyl (C=O) groups excluding carboxylic acids is 1. The third-order valence-electron chi connectivity index (χ3n) is 2.33. The highest BCUT2D eigenvalue weighted by Gasteiger charge is 2.16. The van der Waals surface area contributed by atoms with Crippen molar-refractivity contribution in [3.63, 3.8) is 0 Å². The molecule has 2 N–H and O–H groups in total. The van der Waals surface area contributed by atoms with Gasteiger partial charge >= 0.3 is 0 Å². The van der Waals surface area contributed by atoms with Gasteiger partial charge in [0.1, 0.15) is 0 Å². The largest absolute Gasteiger partial charge is 0.351 e. The fourth-order valence-corrected chi connectivity index (χ4v) is 1.65. The fourth-order valence-electron chi connectivity index (χ4n) is 1.65. The third-order valence-corrected chi connectivity index (χ3v) is 2.33. The topological polar surface area (TPSA) is 44.4 Å². The highest BCUT2D eigenvalue weighted by Crippen LogP contribution is 1.95. The van der Waals surface area contributed by atoms with E-state index < -0.39 is 0 Å². The molecular formula is C9H19N3O. The van der Waals surface area contributed by atoms with Crippen LogP contribution < -0.4 is 10.6 Å². The summed E-state index contributed by atoms with van der Waals surface area (Å²) in [7, 11) is 0. The van der Waals surface area contributed by atoms with Crippen molar-refractivity contribution in [1.82, 2.24) is 15.5 Å². The van der Waals surface area contributed by atoms with Crippen LogP contribution in [-0.4, -0.2) is 49.6 Å². The Morgan fingerprint density at radius 3 is 3.08 bits per heavy atom. The van der Waals surface area contributed by atoms with Crippen molar-refractivity contribution < 1.29 is 4.79 Å². The van der Waals surface area contributed by atoms with Crippen molar-refractivity contribution in [1.29, 1.82) is 0 Å². The van der Waals surface area contributed by atoms with E-state index in [0.29, 0.717) is 0 Å². The molecule has 1 rings (SSSR count). The summed E-state index contributed by atoms with van der Waals surface area (Å²) in [6.45, 7) is 8.71. The molecule has 0 aromatic heterocycles. The number of amides is 1. The maximum Gasteiger partial charge on any atom is 0.217 e. The lowest BCUT2D eigenvalue weighted by Gasteiger charge is -2.22. The molecule has 0 spiro atoms. The number of hydrogen-bond acceptors (Lipinski definition) is 3. The molecule has 0 saturated carbocycles. The van der Waals surface area contributed by atoms with Crippen LogP contribution in [0.5, 0.6) is 0 Å². The van der Waals surface area contributed by atoms with Gasteiger partial charge in [-0.2, -0.15) is 0 Å². The quantitative estimate of drug-likeness (QED) is 0.605. The molecule has 1 amide bonds. The summed E-state index contributed by atoms with van der Waals surface area (Å²) < 4.78 is 0. The van der Waals surface area contributed by atoms with Crippen LogP contribution in [0.3, 0.4) is 0 Å². The molecule has 13 heavy (non-hydrogen) atoms. The lowest BCUT2D eigenvalue weighted by atomic mass is 10.2. The summed E-state index contributed by atoms with van der Waals surface area (Å²) in [6.07, 6.45) is 0. The van der Waals surface area contributed by atoms with Gasteiger partial charge in [0.15, 0.2) is 0 Å². The van der Waals surface area contributed by atoms with E-state index in [1.165, 1.54) is 0 Å². The Kier molecular flexibility index (Phi) is 4.18. The maximum atomic E-state index is 10.9. The molecule has 1 fully saturated rings. The minimum Gasteiger partial charge on any atom is -0.351 e. The Morgan fingerprint density at radius 2 is 2.46 bits per heavy atom.